The molecule has 0 bridgehead atoms. The van der Waals surface area contributed by atoms with Gasteiger partial charge in [0.25, 0.3) is 0 Å². The quantitative estimate of drug-likeness (QED) is 0.660. The lowest BCUT2D eigenvalue weighted by molar-refractivity contribution is 0.345. The minimum Gasteiger partial charge on any atom is -0.285 e. The number of rotatable bonds is 3. The molecule has 60 valence electrons. The summed E-state index contributed by atoms with van der Waals surface area (Å²) in [6.45, 7) is 7.00. The number of allylic oxidation sites excluding steroid dienone is 3. The molecule has 0 atom stereocenters. The molecule has 1 heterocycles. The van der Waals surface area contributed by atoms with Gasteiger partial charge in [0.15, 0.2) is 0 Å². The van der Waals surface area contributed by atoms with Gasteiger partial charge in [0.1, 0.15) is 0 Å². The Morgan fingerprint density at radius 2 is 2.36 bits per heavy atom. The van der Waals surface area contributed by atoms with E-state index in [0.717, 1.165) is 18.7 Å². The Kier molecular flexibility index (Phi) is 2.93. The minimum absolute atomic E-state index is 0.983. The van der Waals surface area contributed by atoms with Gasteiger partial charge in [-0.15, -0.1) is 0 Å². The first kappa shape index (κ1) is 8.08. The molecule has 0 unspecified atom stereocenters. The Balaban J connectivity index is 2.39. The zero-order valence-corrected chi connectivity index (χ0v) is 6.88. The van der Waals surface area contributed by atoms with Crippen molar-refractivity contribution in [3.05, 3.63) is 36.7 Å². The molecule has 0 saturated carbocycles. The van der Waals surface area contributed by atoms with Crippen LogP contribution >= 0.6 is 0 Å². The number of hydrazine groups is 1. The SMILES string of the molecule is C=C1C=CC=CN1NCCC. The number of nitrogens with zero attached hydrogens (tertiary/aromatic N) is 1. The maximum absolute atomic E-state index is 3.87. The maximum Gasteiger partial charge on any atom is 0.0498 e. The molecule has 11 heavy (non-hydrogen) atoms. The highest BCUT2D eigenvalue weighted by Crippen LogP contribution is 2.05. The minimum atomic E-state index is 0.983. The van der Waals surface area contributed by atoms with Crippen molar-refractivity contribution in [2.24, 2.45) is 0 Å². The van der Waals surface area contributed by atoms with Crippen LogP contribution in [0.3, 0.4) is 0 Å². The molecule has 1 aliphatic rings. The van der Waals surface area contributed by atoms with E-state index >= 15 is 0 Å². The summed E-state index contributed by atoms with van der Waals surface area (Å²) in [6.07, 6.45) is 9.03. The van der Waals surface area contributed by atoms with Crippen LogP contribution in [0.2, 0.25) is 0 Å². The Morgan fingerprint density at radius 3 is 3.00 bits per heavy atom. The largest absolute Gasteiger partial charge is 0.285 e. The first-order chi connectivity index (χ1) is 5.34. The Morgan fingerprint density at radius 1 is 1.55 bits per heavy atom. The van der Waals surface area contributed by atoms with Crippen LogP contribution in [-0.2, 0) is 0 Å². The van der Waals surface area contributed by atoms with E-state index in [0.29, 0.717) is 0 Å². The predicted octanol–water partition coefficient (Wildman–Crippen LogP) is 1.80. The third-order valence-electron chi connectivity index (χ3n) is 1.48. The van der Waals surface area contributed by atoms with Crippen molar-refractivity contribution in [3.63, 3.8) is 0 Å². The van der Waals surface area contributed by atoms with Gasteiger partial charge in [-0.05, 0) is 18.6 Å². The van der Waals surface area contributed by atoms with Gasteiger partial charge in [-0.3, -0.25) is 5.01 Å². The summed E-state index contributed by atoms with van der Waals surface area (Å²) in [5.41, 5.74) is 4.20. The Hall–Kier alpha value is -1.02. The molecular weight excluding hydrogens is 136 g/mol. The molecule has 2 heteroatoms. The van der Waals surface area contributed by atoms with E-state index in [4.69, 9.17) is 0 Å². The molecule has 0 aromatic heterocycles. The van der Waals surface area contributed by atoms with Crippen LogP contribution in [0, 0.1) is 0 Å². The third-order valence-corrected chi connectivity index (χ3v) is 1.48. The van der Waals surface area contributed by atoms with Crippen LogP contribution in [0.5, 0.6) is 0 Å². The zero-order valence-electron chi connectivity index (χ0n) is 6.88. The molecule has 0 aromatic rings. The van der Waals surface area contributed by atoms with Crippen molar-refractivity contribution in [1.82, 2.24) is 10.4 Å². The molecule has 0 saturated heterocycles. The summed E-state index contributed by atoms with van der Waals surface area (Å²) in [4.78, 5) is 0. The topological polar surface area (TPSA) is 15.3 Å². The van der Waals surface area contributed by atoms with Gasteiger partial charge >= 0.3 is 0 Å². The van der Waals surface area contributed by atoms with Crippen LogP contribution in [0.15, 0.2) is 36.7 Å². The molecular formula is C9H14N2. The molecule has 1 N–H and O–H groups in total. The van der Waals surface area contributed by atoms with Gasteiger partial charge in [0.05, 0.1) is 0 Å². The second-order valence-corrected chi connectivity index (χ2v) is 2.47. The fourth-order valence-corrected chi connectivity index (χ4v) is 0.865. The molecule has 0 amide bonds. The van der Waals surface area contributed by atoms with Gasteiger partial charge < -0.3 is 0 Å². The van der Waals surface area contributed by atoms with E-state index in [-0.39, 0.29) is 0 Å². The van der Waals surface area contributed by atoms with E-state index in [2.05, 4.69) is 18.9 Å². The van der Waals surface area contributed by atoms with Gasteiger partial charge in [-0.2, -0.15) is 0 Å². The maximum atomic E-state index is 3.87. The van der Waals surface area contributed by atoms with Crippen LogP contribution in [-0.4, -0.2) is 11.6 Å². The Labute approximate surface area is 67.9 Å². The highest BCUT2D eigenvalue weighted by Gasteiger charge is 2.00. The normalized spacial score (nSPS) is 16.1. The molecule has 0 aromatic carbocycles. The number of hydrogen-bond donors (Lipinski definition) is 1. The van der Waals surface area contributed by atoms with Gasteiger partial charge in [0.2, 0.25) is 0 Å². The summed E-state index contributed by atoms with van der Waals surface area (Å²) in [5.74, 6) is 0. The fourth-order valence-electron chi connectivity index (χ4n) is 0.865. The Bertz CT molecular complexity index is 192. The summed E-state index contributed by atoms with van der Waals surface area (Å²) in [6, 6.07) is 0. The van der Waals surface area contributed by atoms with E-state index in [1.807, 2.05) is 29.4 Å². The monoisotopic (exact) mass is 150 g/mol. The second kappa shape index (κ2) is 3.98. The average molecular weight is 150 g/mol. The smallest absolute Gasteiger partial charge is 0.0498 e. The van der Waals surface area contributed by atoms with Crippen molar-refractivity contribution in [2.75, 3.05) is 6.54 Å². The van der Waals surface area contributed by atoms with E-state index in [9.17, 15) is 0 Å². The zero-order chi connectivity index (χ0) is 8.10. The highest BCUT2D eigenvalue weighted by molar-refractivity contribution is 5.24. The standard InChI is InChI=1S/C9H14N2/c1-3-7-10-11-8-5-4-6-9(11)2/h4-6,8,10H,2-3,7H2,1H3. The molecule has 0 spiro atoms. The van der Waals surface area contributed by atoms with Crippen LogP contribution in [0.25, 0.3) is 0 Å². The van der Waals surface area contributed by atoms with Crippen molar-refractivity contribution >= 4 is 0 Å². The van der Waals surface area contributed by atoms with E-state index < -0.39 is 0 Å². The van der Waals surface area contributed by atoms with Crippen LogP contribution in [0.1, 0.15) is 13.3 Å². The van der Waals surface area contributed by atoms with Crippen molar-refractivity contribution in [2.45, 2.75) is 13.3 Å². The highest BCUT2D eigenvalue weighted by atomic mass is 15.5. The first-order valence-electron chi connectivity index (χ1n) is 3.91. The van der Waals surface area contributed by atoms with Crippen molar-refractivity contribution in [1.29, 1.82) is 0 Å². The lowest BCUT2D eigenvalue weighted by Crippen LogP contribution is -2.33. The lowest BCUT2D eigenvalue weighted by Gasteiger charge is -2.22. The average Bonchev–Trinajstić information content (AvgIpc) is 2.03. The van der Waals surface area contributed by atoms with Crippen LogP contribution < -0.4 is 5.43 Å². The summed E-state index contributed by atoms with van der Waals surface area (Å²) in [5, 5.41) is 1.93. The lowest BCUT2D eigenvalue weighted by atomic mass is 10.3. The van der Waals surface area contributed by atoms with Gasteiger partial charge in [0, 0.05) is 18.4 Å². The number of nitrogens with one attached hydrogen (secondary N) is 1. The summed E-state index contributed by atoms with van der Waals surface area (Å²) >= 11 is 0. The van der Waals surface area contributed by atoms with Crippen molar-refractivity contribution < 1.29 is 0 Å². The predicted molar refractivity (Wildman–Crippen MR) is 47.6 cm³/mol. The van der Waals surface area contributed by atoms with Crippen LogP contribution in [0.4, 0.5) is 0 Å². The first-order valence-corrected chi connectivity index (χ1v) is 3.91. The summed E-state index contributed by atoms with van der Waals surface area (Å²) in [7, 11) is 0. The molecule has 2 nitrogen and oxygen atoms in total. The fraction of sp³-hybridized carbons (Fsp3) is 0.333. The van der Waals surface area contributed by atoms with Crippen molar-refractivity contribution in [3.8, 4) is 0 Å². The van der Waals surface area contributed by atoms with Gasteiger partial charge in [-0.1, -0.05) is 19.6 Å². The van der Waals surface area contributed by atoms with E-state index in [1.165, 1.54) is 0 Å². The molecule has 1 rings (SSSR count). The number of hydrogen-bond acceptors (Lipinski definition) is 2. The molecule has 0 aliphatic carbocycles. The van der Waals surface area contributed by atoms with E-state index in [1.54, 1.807) is 0 Å². The second-order valence-electron chi connectivity index (χ2n) is 2.47. The molecule has 1 aliphatic heterocycles. The van der Waals surface area contributed by atoms with Gasteiger partial charge in [-0.25, -0.2) is 5.43 Å². The molecule has 0 fully saturated rings. The summed E-state index contributed by atoms with van der Waals surface area (Å²) < 4.78 is 0. The third kappa shape index (κ3) is 2.24. The molecule has 0 radical (unpaired) electrons.